The molecule has 0 radical (unpaired) electrons. The van der Waals surface area contributed by atoms with Crippen molar-refractivity contribution in [2.24, 2.45) is 11.8 Å². The number of aryl methyl sites for hydroxylation is 1. The molecule has 2 atom stereocenters. The van der Waals surface area contributed by atoms with Crippen molar-refractivity contribution in [2.45, 2.75) is 39.0 Å². The van der Waals surface area contributed by atoms with Gasteiger partial charge in [0.15, 0.2) is 0 Å². The van der Waals surface area contributed by atoms with E-state index in [9.17, 15) is 13.2 Å². The van der Waals surface area contributed by atoms with Gasteiger partial charge in [-0.3, -0.25) is 4.79 Å². The van der Waals surface area contributed by atoms with Crippen LogP contribution in [0.25, 0.3) is 11.3 Å². The van der Waals surface area contributed by atoms with Crippen molar-refractivity contribution in [3.63, 3.8) is 0 Å². The first kappa shape index (κ1) is 18.8. The molecule has 1 aromatic heterocycles. The Bertz CT molecular complexity index is 952. The minimum Gasteiger partial charge on any atom is -0.268 e. The van der Waals surface area contributed by atoms with Crippen molar-refractivity contribution in [2.75, 3.05) is 13.1 Å². The molecule has 1 aliphatic rings. The smallest absolute Gasteiger partial charge is 0.264 e. The third kappa shape index (κ3) is 3.59. The highest BCUT2D eigenvalue weighted by atomic mass is 32.2. The van der Waals surface area contributed by atoms with Crippen LogP contribution in [0.5, 0.6) is 0 Å². The number of hydrogen-bond acceptors (Lipinski definition) is 4. The Labute approximate surface area is 154 Å². The second-order valence-electron chi connectivity index (χ2n) is 7.49. The highest BCUT2D eigenvalue weighted by Crippen LogP contribution is 2.31. The van der Waals surface area contributed by atoms with Crippen LogP contribution in [0, 0.1) is 25.7 Å². The molecule has 0 amide bonds. The Morgan fingerprint density at radius 3 is 2.35 bits per heavy atom. The standard InChI is InChI=1S/C19H25N3O3S/c1-12-7-13(2)11-22(10-12)26(24,25)18-9-16(8-14(3)15(18)4)17-5-6-19(23)21-20-17/h5-6,8-9,12-13H,7,10-11H2,1-4H3,(H,21,23)/t12-,13-/m1/s1. The summed E-state index contributed by atoms with van der Waals surface area (Å²) in [5, 5.41) is 6.43. The number of nitrogens with one attached hydrogen (secondary N) is 1. The molecule has 1 N–H and O–H groups in total. The van der Waals surface area contributed by atoms with Crippen molar-refractivity contribution in [3.8, 4) is 11.3 Å². The van der Waals surface area contributed by atoms with Crippen LogP contribution in [-0.4, -0.2) is 36.0 Å². The molecule has 1 saturated heterocycles. The van der Waals surface area contributed by atoms with Crippen LogP contribution in [-0.2, 0) is 10.0 Å². The van der Waals surface area contributed by atoms with Gasteiger partial charge in [-0.1, -0.05) is 13.8 Å². The third-order valence-corrected chi connectivity index (χ3v) is 7.01. The minimum atomic E-state index is -3.59. The highest BCUT2D eigenvalue weighted by molar-refractivity contribution is 7.89. The fraction of sp³-hybridized carbons (Fsp3) is 0.474. The van der Waals surface area contributed by atoms with Gasteiger partial charge in [0.05, 0.1) is 10.6 Å². The topological polar surface area (TPSA) is 83.1 Å². The van der Waals surface area contributed by atoms with E-state index in [4.69, 9.17) is 0 Å². The number of hydrogen-bond donors (Lipinski definition) is 1. The summed E-state index contributed by atoms with van der Waals surface area (Å²) < 4.78 is 28.3. The van der Waals surface area contributed by atoms with Crippen molar-refractivity contribution >= 4 is 10.0 Å². The average Bonchev–Trinajstić information content (AvgIpc) is 2.57. The van der Waals surface area contributed by atoms with Gasteiger partial charge in [-0.2, -0.15) is 9.40 Å². The van der Waals surface area contributed by atoms with E-state index < -0.39 is 10.0 Å². The number of H-pyrrole nitrogens is 1. The van der Waals surface area contributed by atoms with Crippen molar-refractivity contribution < 1.29 is 8.42 Å². The fourth-order valence-corrected chi connectivity index (χ4v) is 5.69. The molecule has 2 aromatic rings. The maximum absolute atomic E-state index is 13.3. The third-order valence-electron chi connectivity index (χ3n) is 5.05. The largest absolute Gasteiger partial charge is 0.268 e. The monoisotopic (exact) mass is 375 g/mol. The van der Waals surface area contributed by atoms with E-state index in [1.54, 1.807) is 16.4 Å². The van der Waals surface area contributed by atoms with Gasteiger partial charge in [-0.25, -0.2) is 13.5 Å². The van der Waals surface area contributed by atoms with Crippen LogP contribution in [0.15, 0.2) is 34.0 Å². The molecule has 7 heteroatoms. The van der Waals surface area contributed by atoms with Crippen LogP contribution in [0.1, 0.15) is 31.4 Å². The van der Waals surface area contributed by atoms with E-state index in [0.29, 0.717) is 41.1 Å². The van der Waals surface area contributed by atoms with Crippen LogP contribution in [0.4, 0.5) is 0 Å². The van der Waals surface area contributed by atoms with Crippen molar-refractivity contribution in [3.05, 3.63) is 45.7 Å². The van der Waals surface area contributed by atoms with Gasteiger partial charge >= 0.3 is 0 Å². The Balaban J connectivity index is 2.09. The Kier molecular flexibility index (Phi) is 5.03. The summed E-state index contributed by atoms with van der Waals surface area (Å²) in [5.41, 5.74) is 2.57. The molecular formula is C19H25N3O3S. The van der Waals surface area contributed by atoms with Gasteiger partial charge in [0, 0.05) is 24.7 Å². The van der Waals surface area contributed by atoms with Crippen molar-refractivity contribution in [1.82, 2.24) is 14.5 Å². The van der Waals surface area contributed by atoms with E-state index in [1.165, 1.54) is 6.07 Å². The Morgan fingerprint density at radius 2 is 1.77 bits per heavy atom. The van der Waals surface area contributed by atoms with Gasteiger partial charge < -0.3 is 0 Å². The predicted molar refractivity (Wildman–Crippen MR) is 101 cm³/mol. The Morgan fingerprint density at radius 1 is 1.12 bits per heavy atom. The quantitative estimate of drug-likeness (QED) is 0.894. The van der Waals surface area contributed by atoms with E-state index >= 15 is 0 Å². The van der Waals surface area contributed by atoms with Crippen LogP contribution < -0.4 is 5.56 Å². The highest BCUT2D eigenvalue weighted by Gasteiger charge is 2.33. The van der Waals surface area contributed by atoms with Crippen molar-refractivity contribution in [1.29, 1.82) is 0 Å². The lowest BCUT2D eigenvalue weighted by molar-refractivity contribution is 0.222. The molecule has 0 saturated carbocycles. The summed E-state index contributed by atoms with van der Waals surface area (Å²) in [6, 6.07) is 6.56. The molecule has 0 unspecified atom stereocenters. The number of aromatic nitrogens is 2. The molecule has 1 fully saturated rings. The lowest BCUT2D eigenvalue weighted by Gasteiger charge is -2.34. The van der Waals surface area contributed by atoms with E-state index in [0.717, 1.165) is 17.5 Å². The fourth-order valence-electron chi connectivity index (χ4n) is 3.69. The first-order chi connectivity index (χ1) is 12.2. The van der Waals surface area contributed by atoms with E-state index in [2.05, 4.69) is 24.0 Å². The number of rotatable bonds is 3. The maximum atomic E-state index is 13.3. The van der Waals surface area contributed by atoms with Gasteiger partial charge in [-0.15, -0.1) is 0 Å². The maximum Gasteiger partial charge on any atom is 0.264 e. The second-order valence-corrected chi connectivity index (χ2v) is 9.40. The molecule has 1 aromatic carbocycles. The zero-order valence-electron chi connectivity index (χ0n) is 15.6. The predicted octanol–water partition coefficient (Wildman–Crippen LogP) is 2.72. The average molecular weight is 375 g/mol. The lowest BCUT2D eigenvalue weighted by Crippen LogP contribution is -2.42. The summed E-state index contributed by atoms with van der Waals surface area (Å²) in [6.07, 6.45) is 1.05. The molecule has 26 heavy (non-hydrogen) atoms. The number of piperidine rings is 1. The van der Waals surface area contributed by atoms with Gasteiger partial charge in [0.2, 0.25) is 10.0 Å². The van der Waals surface area contributed by atoms with Gasteiger partial charge in [0.25, 0.3) is 5.56 Å². The molecule has 1 aliphatic heterocycles. The molecule has 3 rings (SSSR count). The number of sulfonamides is 1. The zero-order valence-corrected chi connectivity index (χ0v) is 16.4. The molecule has 0 aliphatic carbocycles. The molecular weight excluding hydrogens is 350 g/mol. The minimum absolute atomic E-state index is 0.290. The zero-order chi connectivity index (χ0) is 19.1. The number of benzene rings is 1. The van der Waals surface area contributed by atoms with E-state index in [1.807, 2.05) is 19.9 Å². The summed E-state index contributed by atoms with van der Waals surface area (Å²) in [4.78, 5) is 11.6. The summed E-state index contributed by atoms with van der Waals surface area (Å²) in [7, 11) is -3.59. The summed E-state index contributed by atoms with van der Waals surface area (Å²) >= 11 is 0. The van der Waals surface area contributed by atoms with Gasteiger partial charge in [-0.05, 0) is 61.4 Å². The van der Waals surface area contributed by atoms with Crippen LogP contribution in [0.2, 0.25) is 0 Å². The molecule has 2 heterocycles. The molecule has 140 valence electrons. The number of nitrogens with zero attached hydrogens (tertiary/aromatic N) is 2. The van der Waals surface area contributed by atoms with E-state index in [-0.39, 0.29) is 5.56 Å². The number of aromatic amines is 1. The summed E-state index contributed by atoms with van der Waals surface area (Å²) in [5.74, 6) is 0.693. The normalized spacial score (nSPS) is 21.7. The summed E-state index contributed by atoms with van der Waals surface area (Å²) in [6.45, 7) is 9.01. The lowest BCUT2D eigenvalue weighted by atomic mass is 9.94. The Hall–Kier alpha value is -1.99. The van der Waals surface area contributed by atoms with Gasteiger partial charge in [0.1, 0.15) is 0 Å². The second kappa shape index (κ2) is 6.96. The first-order valence-electron chi connectivity index (χ1n) is 8.86. The van der Waals surface area contributed by atoms with Crippen LogP contribution >= 0.6 is 0 Å². The SMILES string of the molecule is Cc1cc(-c2ccc(=O)[nH]n2)cc(S(=O)(=O)N2C[C@H](C)C[C@@H](C)C2)c1C. The van der Waals surface area contributed by atoms with Crippen LogP contribution in [0.3, 0.4) is 0 Å². The first-order valence-corrected chi connectivity index (χ1v) is 10.3. The molecule has 0 spiro atoms. The molecule has 6 nitrogen and oxygen atoms in total. The molecule has 0 bridgehead atoms.